The standard InChI is InChI=1S/C28H32N6O3/c1-28(2,3)24(27(35)36)33-15-13-19(14-16-33)34-26-22(25(29)30-17-31-26)23(32-34)18-9-11-21(12-10-18)37-20-7-5-4-6-8-20/h4-12,17,19,24H,13-16H2,1-3H3,(H,35,36)(H2,29,30,31). The lowest BCUT2D eigenvalue weighted by Gasteiger charge is -2.41. The van der Waals surface area contributed by atoms with Crippen LogP contribution in [0.25, 0.3) is 22.3 Å². The highest BCUT2D eigenvalue weighted by atomic mass is 16.5. The molecular formula is C28H32N6O3. The monoisotopic (exact) mass is 500 g/mol. The van der Waals surface area contributed by atoms with Gasteiger partial charge in [0, 0.05) is 18.7 Å². The van der Waals surface area contributed by atoms with E-state index >= 15 is 0 Å². The van der Waals surface area contributed by atoms with Crippen molar-refractivity contribution in [3.8, 4) is 22.8 Å². The number of fused-ring (bicyclic) bond motifs is 1. The van der Waals surface area contributed by atoms with E-state index in [1.165, 1.54) is 6.33 Å². The molecule has 5 rings (SSSR count). The number of likely N-dealkylation sites (tertiary alicyclic amines) is 1. The molecule has 2 aromatic carbocycles. The first kappa shape index (κ1) is 24.7. The highest BCUT2D eigenvalue weighted by molar-refractivity contribution is 5.98. The topological polar surface area (TPSA) is 119 Å². The molecule has 9 nitrogen and oxygen atoms in total. The number of nitrogen functional groups attached to an aromatic ring is 1. The van der Waals surface area contributed by atoms with E-state index in [4.69, 9.17) is 15.6 Å². The molecule has 1 aliphatic rings. The van der Waals surface area contributed by atoms with E-state index in [1.54, 1.807) is 0 Å². The summed E-state index contributed by atoms with van der Waals surface area (Å²) < 4.78 is 7.88. The van der Waals surface area contributed by atoms with Crippen LogP contribution in [0.15, 0.2) is 60.9 Å². The number of aliphatic carboxylic acids is 1. The van der Waals surface area contributed by atoms with Gasteiger partial charge >= 0.3 is 5.97 Å². The molecule has 4 aromatic rings. The van der Waals surface area contributed by atoms with Crippen LogP contribution in [0.4, 0.5) is 5.82 Å². The summed E-state index contributed by atoms with van der Waals surface area (Å²) in [5, 5.41) is 15.5. The van der Waals surface area contributed by atoms with Gasteiger partial charge in [0.1, 0.15) is 35.4 Å². The lowest BCUT2D eigenvalue weighted by molar-refractivity contribution is -0.148. The molecule has 3 N–H and O–H groups in total. The number of ether oxygens (including phenoxy) is 1. The normalized spacial score (nSPS) is 16.1. The van der Waals surface area contributed by atoms with E-state index in [1.807, 2.05) is 80.1 Å². The van der Waals surface area contributed by atoms with Crippen molar-refractivity contribution >= 4 is 22.8 Å². The number of carbonyl (C=O) groups is 1. The SMILES string of the molecule is CC(C)(C)C(C(=O)O)N1CCC(n2nc(-c3ccc(Oc4ccccc4)cc3)c3c(N)ncnc32)CC1. The van der Waals surface area contributed by atoms with Crippen molar-refractivity contribution in [1.82, 2.24) is 24.6 Å². The third kappa shape index (κ3) is 4.99. The van der Waals surface area contributed by atoms with Crippen molar-refractivity contribution in [3.63, 3.8) is 0 Å². The second kappa shape index (κ2) is 9.82. The second-order valence-electron chi connectivity index (χ2n) is 10.6. The number of para-hydroxylation sites is 1. The molecule has 3 heterocycles. The number of nitrogens with zero attached hydrogens (tertiary/aromatic N) is 5. The Labute approximate surface area is 215 Å². The van der Waals surface area contributed by atoms with Crippen molar-refractivity contribution in [2.75, 3.05) is 18.8 Å². The first-order chi connectivity index (χ1) is 17.7. The molecule has 0 spiro atoms. The largest absolute Gasteiger partial charge is 0.480 e. The lowest BCUT2D eigenvalue weighted by Crippen LogP contribution is -2.52. The first-order valence-corrected chi connectivity index (χ1v) is 12.5. The average molecular weight is 501 g/mol. The van der Waals surface area contributed by atoms with Crippen LogP contribution in [0.5, 0.6) is 11.5 Å². The zero-order valence-corrected chi connectivity index (χ0v) is 21.3. The smallest absolute Gasteiger partial charge is 0.321 e. The number of benzene rings is 2. The minimum Gasteiger partial charge on any atom is -0.480 e. The molecule has 192 valence electrons. The van der Waals surface area contributed by atoms with Crippen molar-refractivity contribution in [2.24, 2.45) is 5.41 Å². The Balaban J connectivity index is 1.42. The second-order valence-corrected chi connectivity index (χ2v) is 10.6. The summed E-state index contributed by atoms with van der Waals surface area (Å²) in [5.41, 5.74) is 8.25. The van der Waals surface area contributed by atoms with Gasteiger partial charge in [0.2, 0.25) is 0 Å². The Morgan fingerprint density at radius 2 is 1.68 bits per heavy atom. The van der Waals surface area contributed by atoms with Gasteiger partial charge in [-0.25, -0.2) is 14.6 Å². The van der Waals surface area contributed by atoms with Crippen LogP contribution in [0.2, 0.25) is 0 Å². The van der Waals surface area contributed by atoms with Crippen LogP contribution in [0.1, 0.15) is 39.7 Å². The molecule has 1 aliphatic heterocycles. The Bertz CT molecular complexity index is 1390. The first-order valence-electron chi connectivity index (χ1n) is 12.5. The van der Waals surface area contributed by atoms with Gasteiger partial charge in [-0.1, -0.05) is 39.0 Å². The quantitative estimate of drug-likeness (QED) is 0.379. The highest BCUT2D eigenvalue weighted by Gasteiger charge is 2.38. The van der Waals surface area contributed by atoms with E-state index in [0.717, 1.165) is 41.0 Å². The molecule has 0 amide bonds. The Kier molecular flexibility index (Phi) is 6.55. The summed E-state index contributed by atoms with van der Waals surface area (Å²) in [7, 11) is 0. The van der Waals surface area contributed by atoms with Crippen LogP contribution >= 0.6 is 0 Å². The van der Waals surface area contributed by atoms with Crippen molar-refractivity contribution < 1.29 is 14.6 Å². The van der Waals surface area contributed by atoms with E-state index in [-0.39, 0.29) is 11.5 Å². The highest BCUT2D eigenvalue weighted by Crippen LogP contribution is 2.36. The maximum atomic E-state index is 12.0. The molecule has 1 atom stereocenters. The maximum Gasteiger partial charge on any atom is 0.321 e. The van der Waals surface area contributed by atoms with Gasteiger partial charge in [0.05, 0.1) is 11.4 Å². The van der Waals surface area contributed by atoms with Gasteiger partial charge in [-0.3, -0.25) is 9.69 Å². The minimum atomic E-state index is -0.780. The van der Waals surface area contributed by atoms with Gasteiger partial charge in [-0.05, 0) is 54.7 Å². The summed E-state index contributed by atoms with van der Waals surface area (Å²) >= 11 is 0. The van der Waals surface area contributed by atoms with Gasteiger partial charge < -0.3 is 15.6 Å². The third-order valence-electron chi connectivity index (χ3n) is 6.89. The van der Waals surface area contributed by atoms with Gasteiger partial charge in [0.15, 0.2) is 5.65 Å². The fourth-order valence-electron chi connectivity index (χ4n) is 5.22. The van der Waals surface area contributed by atoms with Crippen LogP contribution in [-0.4, -0.2) is 54.9 Å². The number of carboxylic acid groups (broad SMARTS) is 1. The molecule has 0 saturated carbocycles. The van der Waals surface area contributed by atoms with Crippen LogP contribution in [0, 0.1) is 5.41 Å². The summed E-state index contributed by atoms with van der Waals surface area (Å²) in [6, 6.07) is 16.9. The Morgan fingerprint density at radius 3 is 2.30 bits per heavy atom. The Morgan fingerprint density at radius 1 is 1.03 bits per heavy atom. The zero-order chi connectivity index (χ0) is 26.2. The molecular weight excluding hydrogens is 468 g/mol. The molecule has 9 heteroatoms. The average Bonchev–Trinajstić information content (AvgIpc) is 3.26. The van der Waals surface area contributed by atoms with Crippen LogP contribution in [0.3, 0.4) is 0 Å². The number of anilines is 1. The predicted octanol–water partition coefficient (Wildman–Crippen LogP) is 5.00. The molecule has 0 bridgehead atoms. The van der Waals surface area contributed by atoms with E-state index in [2.05, 4.69) is 14.9 Å². The number of piperidine rings is 1. The fourth-order valence-corrected chi connectivity index (χ4v) is 5.22. The molecule has 2 aromatic heterocycles. The molecule has 1 unspecified atom stereocenters. The molecule has 0 aliphatic carbocycles. The van der Waals surface area contributed by atoms with Crippen molar-refractivity contribution in [3.05, 3.63) is 60.9 Å². The van der Waals surface area contributed by atoms with Crippen molar-refractivity contribution in [1.29, 1.82) is 0 Å². The van der Waals surface area contributed by atoms with Gasteiger partial charge in [-0.2, -0.15) is 5.10 Å². The van der Waals surface area contributed by atoms with E-state index < -0.39 is 12.0 Å². The molecule has 37 heavy (non-hydrogen) atoms. The summed E-state index contributed by atoms with van der Waals surface area (Å²) in [6.07, 6.45) is 3.00. The zero-order valence-electron chi connectivity index (χ0n) is 21.3. The molecule has 1 fully saturated rings. The summed E-state index contributed by atoms with van der Waals surface area (Å²) in [6.45, 7) is 7.26. The number of rotatable bonds is 6. The number of aromatic nitrogens is 4. The van der Waals surface area contributed by atoms with Gasteiger partial charge in [-0.15, -0.1) is 0 Å². The minimum absolute atomic E-state index is 0.0805. The third-order valence-corrected chi connectivity index (χ3v) is 6.89. The molecule has 0 radical (unpaired) electrons. The lowest BCUT2D eigenvalue weighted by atomic mass is 9.84. The summed E-state index contributed by atoms with van der Waals surface area (Å²) in [4.78, 5) is 22.8. The number of hydrogen-bond donors (Lipinski definition) is 2. The number of carboxylic acids is 1. The maximum absolute atomic E-state index is 12.0. The molecule has 1 saturated heterocycles. The van der Waals surface area contributed by atoms with E-state index in [9.17, 15) is 9.90 Å². The fraction of sp³-hybridized carbons (Fsp3) is 0.357. The van der Waals surface area contributed by atoms with Crippen molar-refractivity contribution in [2.45, 2.75) is 45.7 Å². The van der Waals surface area contributed by atoms with Crippen LogP contribution < -0.4 is 10.5 Å². The van der Waals surface area contributed by atoms with E-state index in [0.29, 0.717) is 24.6 Å². The number of hydrogen-bond acceptors (Lipinski definition) is 7. The predicted molar refractivity (Wildman–Crippen MR) is 142 cm³/mol. The van der Waals surface area contributed by atoms with Gasteiger partial charge in [0.25, 0.3) is 0 Å². The van der Waals surface area contributed by atoms with Crippen LogP contribution in [-0.2, 0) is 4.79 Å². The summed E-state index contributed by atoms with van der Waals surface area (Å²) in [5.74, 6) is 1.10. The number of nitrogens with two attached hydrogens (primary N) is 1. The Hall–Kier alpha value is -3.98.